The number of benzene rings is 2. The topological polar surface area (TPSA) is 96.3 Å². The van der Waals surface area contributed by atoms with Gasteiger partial charge in [0.15, 0.2) is 0 Å². The third-order valence-corrected chi connectivity index (χ3v) is 5.42. The Kier molecular flexibility index (Phi) is 6.55. The zero-order valence-electron chi connectivity index (χ0n) is 18.2. The van der Waals surface area contributed by atoms with Crippen LogP contribution in [0.5, 0.6) is 5.75 Å². The number of alkyl halides is 3. The lowest BCUT2D eigenvalue weighted by Gasteiger charge is -2.38. The first-order valence-electron chi connectivity index (χ1n) is 10.4. The van der Waals surface area contributed by atoms with Gasteiger partial charge in [-0.25, -0.2) is 14.5 Å². The maximum Gasteiger partial charge on any atom is 0.490 e. The number of imidazole rings is 1. The number of aliphatic carboxylic acids is 1. The van der Waals surface area contributed by atoms with Crippen LogP contribution in [0.25, 0.3) is 16.7 Å². The standard InChI is InChI=1S/C21H21N5O.C2HF3O2/c1-27-20-15(6-4-9-19(20)26-11-5-10-22-26)12-25-13-16(14-25)21-23-17-7-2-3-8-18(17)24-21;3-2(4,5)1(6)7/h2-11,16H,12-14H2,1H3,(H,23,24);(H,6,7). The Hall–Kier alpha value is -3.86. The highest BCUT2D eigenvalue weighted by Gasteiger charge is 2.38. The molecule has 0 unspecified atom stereocenters. The molecular weight excluding hydrogens is 451 g/mol. The molecule has 8 nitrogen and oxygen atoms in total. The molecule has 3 heterocycles. The molecule has 2 N–H and O–H groups in total. The SMILES string of the molecule is COc1c(CN2CC(c3nc4ccccc4[nH]3)C2)cccc1-n1cccn1.O=C(O)C(F)(F)F. The smallest absolute Gasteiger partial charge is 0.490 e. The second kappa shape index (κ2) is 9.56. The maximum atomic E-state index is 10.6. The van der Waals surface area contributed by atoms with Crippen LogP contribution >= 0.6 is 0 Å². The molecule has 11 heteroatoms. The second-order valence-corrected chi connectivity index (χ2v) is 7.75. The van der Waals surface area contributed by atoms with Crippen molar-refractivity contribution in [3.05, 3.63) is 72.3 Å². The Bertz CT molecular complexity index is 1230. The van der Waals surface area contributed by atoms with Crippen LogP contribution in [0.3, 0.4) is 0 Å². The van der Waals surface area contributed by atoms with Gasteiger partial charge in [0.05, 0.1) is 18.1 Å². The van der Waals surface area contributed by atoms with Crippen molar-refractivity contribution in [2.24, 2.45) is 0 Å². The van der Waals surface area contributed by atoms with E-state index in [9.17, 15) is 13.2 Å². The molecule has 1 saturated heterocycles. The molecule has 2 aromatic heterocycles. The number of aromatic amines is 1. The molecule has 2 aromatic carbocycles. The molecule has 0 radical (unpaired) electrons. The van der Waals surface area contributed by atoms with E-state index in [-0.39, 0.29) is 0 Å². The minimum atomic E-state index is -5.08. The molecule has 0 bridgehead atoms. The number of nitrogens with one attached hydrogen (secondary N) is 1. The summed E-state index contributed by atoms with van der Waals surface area (Å²) in [6, 6.07) is 16.3. The maximum absolute atomic E-state index is 10.6. The Morgan fingerprint density at radius 1 is 1.18 bits per heavy atom. The van der Waals surface area contributed by atoms with Crippen LogP contribution in [0.2, 0.25) is 0 Å². The lowest BCUT2D eigenvalue weighted by atomic mass is 9.98. The molecule has 0 aliphatic carbocycles. The van der Waals surface area contributed by atoms with Gasteiger partial charge in [0.1, 0.15) is 17.3 Å². The number of H-pyrrole nitrogens is 1. The number of carboxylic acids is 1. The molecule has 0 amide bonds. The summed E-state index contributed by atoms with van der Waals surface area (Å²) in [5.41, 5.74) is 4.29. The highest BCUT2D eigenvalue weighted by molar-refractivity contribution is 5.75. The van der Waals surface area contributed by atoms with Gasteiger partial charge in [-0.05, 0) is 24.3 Å². The summed E-state index contributed by atoms with van der Waals surface area (Å²) in [4.78, 5) is 19.5. The number of carboxylic acid groups (broad SMARTS) is 1. The molecule has 0 atom stereocenters. The van der Waals surface area contributed by atoms with E-state index in [1.807, 2.05) is 35.1 Å². The lowest BCUT2D eigenvalue weighted by Crippen LogP contribution is -2.44. The predicted molar refractivity (Wildman–Crippen MR) is 118 cm³/mol. The van der Waals surface area contributed by atoms with Gasteiger partial charge in [0.25, 0.3) is 0 Å². The van der Waals surface area contributed by atoms with Gasteiger partial charge in [-0.2, -0.15) is 18.3 Å². The van der Waals surface area contributed by atoms with Crippen LogP contribution in [-0.4, -0.2) is 62.1 Å². The Morgan fingerprint density at radius 2 is 1.91 bits per heavy atom. The van der Waals surface area contributed by atoms with Gasteiger partial charge in [-0.1, -0.05) is 24.3 Å². The van der Waals surface area contributed by atoms with E-state index in [1.165, 1.54) is 5.56 Å². The molecule has 0 saturated carbocycles. The van der Waals surface area contributed by atoms with Gasteiger partial charge in [0, 0.05) is 43.5 Å². The number of carbonyl (C=O) groups is 1. The van der Waals surface area contributed by atoms with Crippen LogP contribution in [-0.2, 0) is 11.3 Å². The molecule has 34 heavy (non-hydrogen) atoms. The second-order valence-electron chi connectivity index (χ2n) is 7.75. The number of methoxy groups -OCH3 is 1. The quantitative estimate of drug-likeness (QED) is 0.455. The minimum absolute atomic E-state index is 0.456. The van der Waals surface area contributed by atoms with Crippen molar-refractivity contribution >= 4 is 17.0 Å². The van der Waals surface area contributed by atoms with E-state index in [4.69, 9.17) is 19.6 Å². The average molecular weight is 473 g/mol. The third kappa shape index (κ3) is 5.04. The van der Waals surface area contributed by atoms with E-state index >= 15 is 0 Å². The molecule has 5 rings (SSSR count). The van der Waals surface area contributed by atoms with Gasteiger partial charge in [-0.15, -0.1) is 0 Å². The Labute approximate surface area is 192 Å². The van der Waals surface area contributed by atoms with E-state index in [0.29, 0.717) is 5.92 Å². The van der Waals surface area contributed by atoms with E-state index in [1.54, 1.807) is 13.3 Å². The number of nitrogens with zero attached hydrogens (tertiary/aromatic N) is 4. The first-order valence-corrected chi connectivity index (χ1v) is 10.4. The fourth-order valence-electron chi connectivity index (χ4n) is 3.80. The number of ether oxygens (including phenoxy) is 1. The van der Waals surface area contributed by atoms with E-state index in [2.05, 4.69) is 39.2 Å². The van der Waals surface area contributed by atoms with Crippen LogP contribution in [0.1, 0.15) is 17.3 Å². The minimum Gasteiger partial charge on any atom is -0.494 e. The van der Waals surface area contributed by atoms with Crippen molar-refractivity contribution in [3.8, 4) is 11.4 Å². The summed E-state index contributed by atoms with van der Waals surface area (Å²) >= 11 is 0. The molecule has 4 aromatic rings. The highest BCUT2D eigenvalue weighted by atomic mass is 19.4. The number of aromatic nitrogens is 4. The Balaban J connectivity index is 0.000000344. The number of likely N-dealkylation sites (tertiary alicyclic amines) is 1. The number of fused-ring (bicyclic) bond motifs is 1. The molecule has 1 fully saturated rings. The summed E-state index contributed by atoms with van der Waals surface area (Å²) < 4.78 is 39.3. The van der Waals surface area contributed by atoms with E-state index < -0.39 is 12.1 Å². The summed E-state index contributed by atoms with van der Waals surface area (Å²) in [5.74, 6) is -0.330. The summed E-state index contributed by atoms with van der Waals surface area (Å²) in [7, 11) is 1.72. The fraction of sp³-hybridized carbons (Fsp3) is 0.261. The number of hydrogen-bond donors (Lipinski definition) is 2. The first kappa shape index (κ1) is 23.3. The molecule has 1 aliphatic heterocycles. The molecule has 1 aliphatic rings. The van der Waals surface area contributed by atoms with Crippen LogP contribution in [0.15, 0.2) is 60.9 Å². The van der Waals surface area contributed by atoms with Crippen molar-refractivity contribution in [2.45, 2.75) is 18.6 Å². The molecule has 178 valence electrons. The normalized spacial score (nSPS) is 14.4. The van der Waals surface area contributed by atoms with Crippen LogP contribution in [0, 0.1) is 0 Å². The van der Waals surface area contributed by atoms with Crippen molar-refractivity contribution < 1.29 is 27.8 Å². The zero-order valence-corrected chi connectivity index (χ0v) is 18.2. The summed E-state index contributed by atoms with van der Waals surface area (Å²) in [6.07, 6.45) is -1.37. The number of rotatable bonds is 5. The van der Waals surface area contributed by atoms with Crippen LogP contribution < -0.4 is 4.74 Å². The number of hydrogen-bond acceptors (Lipinski definition) is 5. The first-order chi connectivity index (χ1) is 16.3. The highest BCUT2D eigenvalue weighted by Crippen LogP contribution is 2.32. The van der Waals surface area contributed by atoms with Gasteiger partial charge in [0.2, 0.25) is 0 Å². The molecule has 0 spiro atoms. The monoisotopic (exact) mass is 473 g/mol. The third-order valence-electron chi connectivity index (χ3n) is 5.42. The number of para-hydroxylation sites is 3. The Morgan fingerprint density at radius 3 is 2.53 bits per heavy atom. The van der Waals surface area contributed by atoms with Gasteiger partial charge >= 0.3 is 12.1 Å². The van der Waals surface area contributed by atoms with Gasteiger partial charge < -0.3 is 14.8 Å². The lowest BCUT2D eigenvalue weighted by molar-refractivity contribution is -0.192. The zero-order chi connectivity index (χ0) is 24.3. The molecular formula is C23H22F3N5O3. The van der Waals surface area contributed by atoms with Crippen molar-refractivity contribution in [3.63, 3.8) is 0 Å². The average Bonchev–Trinajstić information content (AvgIpc) is 3.45. The van der Waals surface area contributed by atoms with Crippen molar-refractivity contribution in [2.75, 3.05) is 20.2 Å². The summed E-state index contributed by atoms with van der Waals surface area (Å²) in [6.45, 7) is 2.85. The summed E-state index contributed by atoms with van der Waals surface area (Å²) in [5, 5.41) is 11.5. The fourth-order valence-corrected chi connectivity index (χ4v) is 3.80. The van der Waals surface area contributed by atoms with Crippen LogP contribution in [0.4, 0.5) is 13.2 Å². The van der Waals surface area contributed by atoms with Crippen molar-refractivity contribution in [1.29, 1.82) is 0 Å². The van der Waals surface area contributed by atoms with Gasteiger partial charge in [-0.3, -0.25) is 4.90 Å². The predicted octanol–water partition coefficient (Wildman–Crippen LogP) is 3.99. The van der Waals surface area contributed by atoms with E-state index in [0.717, 1.165) is 47.9 Å². The van der Waals surface area contributed by atoms with Crippen molar-refractivity contribution in [1.82, 2.24) is 24.6 Å². The largest absolute Gasteiger partial charge is 0.494 e. The number of halogens is 3.